The smallest absolute Gasteiger partial charge is 0.267 e. The molecule has 2 aromatic carbocycles. The topological polar surface area (TPSA) is 22.0 Å². The van der Waals surface area contributed by atoms with Gasteiger partial charge < -0.3 is 0 Å². The van der Waals surface area contributed by atoms with Crippen LogP contribution < -0.4 is 5.56 Å². The maximum atomic E-state index is 13.9. The quantitative estimate of drug-likeness (QED) is 0.653. The first kappa shape index (κ1) is 12.5. The summed E-state index contributed by atoms with van der Waals surface area (Å²) in [6, 6.07) is 9.14. The lowest BCUT2D eigenvalue weighted by atomic mass is 10.2. The summed E-state index contributed by atoms with van der Waals surface area (Å²) in [6.07, 6.45) is 0. The molecule has 0 saturated carbocycles. The maximum Gasteiger partial charge on any atom is 0.273 e. The number of rotatable bonds is 1. The zero-order valence-electron chi connectivity index (χ0n) is 9.36. The Morgan fingerprint density at radius 1 is 1.11 bits per heavy atom. The van der Waals surface area contributed by atoms with Gasteiger partial charge >= 0.3 is 0 Å². The van der Waals surface area contributed by atoms with E-state index < -0.39 is 17.2 Å². The molecule has 1 heterocycles. The lowest BCUT2D eigenvalue weighted by molar-refractivity contribution is 0.571. The Morgan fingerprint density at radius 2 is 1.74 bits per heavy atom. The first-order chi connectivity index (χ1) is 9.08. The molecule has 0 N–H and O–H groups in total. The molecule has 0 amide bonds. The molecule has 0 radical (unpaired) electrons. The van der Waals surface area contributed by atoms with E-state index in [9.17, 15) is 13.6 Å². The second-order valence-corrected chi connectivity index (χ2v) is 5.81. The van der Waals surface area contributed by atoms with Gasteiger partial charge in [0.05, 0.1) is 10.1 Å². The Morgan fingerprint density at radius 3 is 2.37 bits per heavy atom. The van der Waals surface area contributed by atoms with E-state index in [0.29, 0.717) is 14.6 Å². The molecule has 0 aliphatic carbocycles. The summed E-state index contributed by atoms with van der Waals surface area (Å²) < 4.78 is 29.8. The predicted octanol–water partition coefficient (Wildman–Crippen LogP) is 4.09. The number of nitrogens with zero attached hydrogens (tertiary/aromatic N) is 1. The zero-order chi connectivity index (χ0) is 13.6. The maximum absolute atomic E-state index is 13.9. The fourth-order valence-corrected chi connectivity index (χ4v) is 3.29. The molecule has 0 saturated heterocycles. The van der Waals surface area contributed by atoms with Crippen molar-refractivity contribution in [1.82, 2.24) is 3.96 Å². The van der Waals surface area contributed by atoms with E-state index >= 15 is 0 Å². The Labute approximate surface area is 119 Å². The van der Waals surface area contributed by atoms with Crippen LogP contribution in [0.1, 0.15) is 0 Å². The third kappa shape index (κ3) is 2.01. The van der Waals surface area contributed by atoms with E-state index in [1.807, 2.05) is 0 Å². The summed E-state index contributed by atoms with van der Waals surface area (Å²) in [4.78, 5) is 12.1. The molecule has 3 rings (SSSR count). The van der Waals surface area contributed by atoms with Crippen molar-refractivity contribution < 1.29 is 8.78 Å². The van der Waals surface area contributed by atoms with E-state index in [0.717, 1.165) is 27.6 Å². The van der Waals surface area contributed by atoms with Crippen molar-refractivity contribution in [2.75, 3.05) is 0 Å². The molecule has 1 aromatic heterocycles. The molecule has 3 aromatic rings. The van der Waals surface area contributed by atoms with Crippen molar-refractivity contribution in [3.05, 3.63) is 62.9 Å². The predicted molar refractivity (Wildman–Crippen MR) is 75.0 cm³/mol. The van der Waals surface area contributed by atoms with Gasteiger partial charge in [-0.05, 0) is 24.3 Å². The summed E-state index contributed by atoms with van der Waals surface area (Å²) in [5.41, 5.74) is -0.755. The van der Waals surface area contributed by atoms with Crippen molar-refractivity contribution in [2.24, 2.45) is 0 Å². The second kappa shape index (κ2) is 4.54. The molecule has 0 fully saturated rings. The molecule has 0 unspecified atom stereocenters. The van der Waals surface area contributed by atoms with E-state index in [1.54, 1.807) is 24.3 Å². The molecule has 6 heteroatoms. The minimum Gasteiger partial charge on any atom is -0.267 e. The van der Waals surface area contributed by atoms with Gasteiger partial charge in [-0.25, -0.2) is 12.7 Å². The van der Waals surface area contributed by atoms with E-state index in [4.69, 9.17) is 0 Å². The first-order valence-corrected chi connectivity index (χ1v) is 6.90. The number of benzene rings is 2. The van der Waals surface area contributed by atoms with Gasteiger partial charge in [0.2, 0.25) is 0 Å². The average molecular weight is 342 g/mol. The van der Waals surface area contributed by atoms with Crippen molar-refractivity contribution in [3.8, 4) is 5.69 Å². The lowest BCUT2D eigenvalue weighted by Crippen LogP contribution is -2.13. The van der Waals surface area contributed by atoms with E-state index in [-0.39, 0.29) is 5.69 Å². The highest BCUT2D eigenvalue weighted by Crippen LogP contribution is 2.26. The van der Waals surface area contributed by atoms with Gasteiger partial charge in [0.15, 0.2) is 11.6 Å². The molecule has 0 aliphatic rings. The molecule has 2 nitrogen and oxygen atoms in total. The van der Waals surface area contributed by atoms with Crippen LogP contribution in [-0.4, -0.2) is 3.96 Å². The standard InChI is InChI=1S/C13H6BrF2NOS/c14-7-5-9(15)12(10(16)6-7)17-13(18)8-3-1-2-4-11(8)19-17/h1-6H. The summed E-state index contributed by atoms with van der Waals surface area (Å²) in [6.45, 7) is 0. The molecule has 96 valence electrons. The Hall–Kier alpha value is -1.53. The van der Waals surface area contributed by atoms with Gasteiger partial charge in [-0.1, -0.05) is 39.6 Å². The SMILES string of the molecule is O=c1c2ccccc2sn1-c1c(F)cc(Br)cc1F. The first-order valence-electron chi connectivity index (χ1n) is 5.34. The molecular formula is C13H6BrF2NOS. The van der Waals surface area contributed by atoms with Crippen molar-refractivity contribution in [1.29, 1.82) is 0 Å². The number of aromatic nitrogens is 1. The summed E-state index contributed by atoms with van der Waals surface area (Å²) in [5.74, 6) is -1.55. The van der Waals surface area contributed by atoms with Gasteiger partial charge in [-0.15, -0.1) is 0 Å². The van der Waals surface area contributed by atoms with Gasteiger partial charge in [0.1, 0.15) is 5.69 Å². The number of fused-ring (bicyclic) bond motifs is 1. The summed E-state index contributed by atoms with van der Waals surface area (Å²) >= 11 is 4.03. The Bertz CT molecular complexity index is 817. The Kier molecular flexibility index (Phi) is 2.99. The largest absolute Gasteiger partial charge is 0.273 e. The monoisotopic (exact) mass is 341 g/mol. The highest BCUT2D eigenvalue weighted by Gasteiger charge is 2.17. The van der Waals surface area contributed by atoms with Crippen molar-refractivity contribution in [3.63, 3.8) is 0 Å². The number of hydrogen-bond donors (Lipinski definition) is 0. The van der Waals surface area contributed by atoms with Crippen LogP contribution in [0.2, 0.25) is 0 Å². The molecular weight excluding hydrogens is 336 g/mol. The fraction of sp³-hybridized carbons (Fsp3) is 0. The van der Waals surface area contributed by atoms with Crippen LogP contribution in [0, 0.1) is 11.6 Å². The van der Waals surface area contributed by atoms with E-state index in [1.165, 1.54) is 0 Å². The highest BCUT2D eigenvalue weighted by molar-refractivity contribution is 9.10. The Balaban J connectivity index is 2.37. The van der Waals surface area contributed by atoms with Gasteiger partial charge in [0, 0.05) is 4.47 Å². The second-order valence-electron chi connectivity index (χ2n) is 3.91. The van der Waals surface area contributed by atoms with Crippen LogP contribution in [0.4, 0.5) is 8.78 Å². The summed E-state index contributed by atoms with van der Waals surface area (Å²) in [5, 5.41) is 0.453. The van der Waals surface area contributed by atoms with Crippen LogP contribution in [0.25, 0.3) is 15.8 Å². The van der Waals surface area contributed by atoms with Gasteiger partial charge in [-0.3, -0.25) is 4.79 Å². The fourth-order valence-electron chi connectivity index (χ4n) is 1.85. The molecule has 0 aliphatic heterocycles. The molecule has 0 bridgehead atoms. The van der Waals surface area contributed by atoms with Crippen LogP contribution in [0.15, 0.2) is 45.7 Å². The number of halogens is 3. The zero-order valence-corrected chi connectivity index (χ0v) is 11.8. The highest BCUT2D eigenvalue weighted by atomic mass is 79.9. The van der Waals surface area contributed by atoms with Crippen molar-refractivity contribution >= 4 is 37.5 Å². The van der Waals surface area contributed by atoms with Crippen LogP contribution >= 0.6 is 27.5 Å². The van der Waals surface area contributed by atoms with Crippen LogP contribution in [0.5, 0.6) is 0 Å². The lowest BCUT2D eigenvalue weighted by Gasteiger charge is -2.04. The third-order valence-corrected chi connectivity index (χ3v) is 4.22. The third-order valence-electron chi connectivity index (χ3n) is 2.68. The number of hydrogen-bond acceptors (Lipinski definition) is 2. The molecule has 0 atom stereocenters. The molecule has 19 heavy (non-hydrogen) atoms. The van der Waals surface area contributed by atoms with Gasteiger partial charge in [-0.2, -0.15) is 0 Å². The minimum atomic E-state index is -0.777. The summed E-state index contributed by atoms with van der Waals surface area (Å²) in [7, 11) is 0. The molecule has 0 spiro atoms. The van der Waals surface area contributed by atoms with Crippen LogP contribution in [-0.2, 0) is 0 Å². The van der Waals surface area contributed by atoms with Crippen LogP contribution in [0.3, 0.4) is 0 Å². The van der Waals surface area contributed by atoms with Crippen molar-refractivity contribution in [2.45, 2.75) is 0 Å². The van der Waals surface area contributed by atoms with E-state index in [2.05, 4.69) is 15.9 Å². The van der Waals surface area contributed by atoms with Gasteiger partial charge in [0.25, 0.3) is 5.56 Å². The minimum absolute atomic E-state index is 0.292. The average Bonchev–Trinajstić information content (AvgIpc) is 2.66. The normalized spacial score (nSPS) is 11.1.